The van der Waals surface area contributed by atoms with Crippen LogP contribution < -0.4 is 5.32 Å². The van der Waals surface area contributed by atoms with E-state index in [1.54, 1.807) is 6.26 Å². The van der Waals surface area contributed by atoms with Crippen LogP contribution in [0.4, 0.5) is 0 Å². The molecule has 0 fully saturated rings. The van der Waals surface area contributed by atoms with Gasteiger partial charge >= 0.3 is 0 Å². The first-order valence-corrected chi connectivity index (χ1v) is 4.75. The zero-order valence-corrected chi connectivity index (χ0v) is 8.12. The normalized spacial score (nSPS) is 12.7. The van der Waals surface area contributed by atoms with Crippen LogP contribution in [0.15, 0.2) is 35.5 Å². The van der Waals surface area contributed by atoms with Gasteiger partial charge in [0.1, 0.15) is 5.76 Å². The molecular formula is C11H17NO. The predicted molar refractivity (Wildman–Crippen MR) is 54.4 cm³/mol. The number of hydrogen-bond donors (Lipinski definition) is 1. The molecule has 1 aromatic rings. The summed E-state index contributed by atoms with van der Waals surface area (Å²) in [5.41, 5.74) is 0. The van der Waals surface area contributed by atoms with Crippen LogP contribution in [-0.4, -0.2) is 6.04 Å². The quantitative estimate of drug-likeness (QED) is 0.679. The molecule has 1 aromatic heterocycles. The highest BCUT2D eigenvalue weighted by Crippen LogP contribution is 2.02. The predicted octanol–water partition coefficient (Wildman–Crippen LogP) is 2.72. The summed E-state index contributed by atoms with van der Waals surface area (Å²) in [4.78, 5) is 0. The molecule has 1 atom stereocenters. The summed E-state index contributed by atoms with van der Waals surface area (Å²) in [6, 6.07) is 4.27. The third kappa shape index (κ3) is 3.47. The van der Waals surface area contributed by atoms with E-state index >= 15 is 0 Å². The summed E-state index contributed by atoms with van der Waals surface area (Å²) in [7, 11) is 0. The van der Waals surface area contributed by atoms with Gasteiger partial charge in [-0.15, -0.1) is 6.58 Å². The standard InChI is InChI=1S/C11H17NO/c1-3-6-10(4-2)12-9-11-7-5-8-13-11/h4-5,7-8,10,12H,2-3,6,9H2,1H3/t10-/m1/s1. The molecule has 0 bridgehead atoms. The van der Waals surface area contributed by atoms with E-state index in [1.165, 1.54) is 6.42 Å². The monoisotopic (exact) mass is 179 g/mol. The summed E-state index contributed by atoms with van der Waals surface area (Å²) >= 11 is 0. The largest absolute Gasteiger partial charge is 0.468 e. The smallest absolute Gasteiger partial charge is 0.117 e. The Morgan fingerprint density at radius 2 is 2.54 bits per heavy atom. The Morgan fingerprint density at radius 3 is 3.08 bits per heavy atom. The molecule has 0 spiro atoms. The summed E-state index contributed by atoms with van der Waals surface area (Å²) in [6.07, 6.45) is 5.94. The highest BCUT2D eigenvalue weighted by molar-refractivity contribution is 4.98. The third-order valence-electron chi connectivity index (χ3n) is 2.00. The van der Waals surface area contributed by atoms with Crippen molar-refractivity contribution in [2.24, 2.45) is 0 Å². The lowest BCUT2D eigenvalue weighted by atomic mass is 10.1. The Bertz CT molecular complexity index is 228. The molecule has 72 valence electrons. The Hall–Kier alpha value is -1.02. The fourth-order valence-corrected chi connectivity index (χ4v) is 1.26. The van der Waals surface area contributed by atoms with Crippen molar-refractivity contribution in [3.05, 3.63) is 36.8 Å². The number of hydrogen-bond acceptors (Lipinski definition) is 2. The van der Waals surface area contributed by atoms with Gasteiger partial charge in [0.25, 0.3) is 0 Å². The number of furan rings is 1. The van der Waals surface area contributed by atoms with Gasteiger partial charge in [0.05, 0.1) is 12.8 Å². The van der Waals surface area contributed by atoms with E-state index in [4.69, 9.17) is 4.42 Å². The maximum atomic E-state index is 5.21. The van der Waals surface area contributed by atoms with Crippen molar-refractivity contribution in [3.8, 4) is 0 Å². The van der Waals surface area contributed by atoms with E-state index in [0.717, 1.165) is 18.7 Å². The van der Waals surface area contributed by atoms with Gasteiger partial charge in [0.15, 0.2) is 0 Å². The van der Waals surface area contributed by atoms with Crippen molar-refractivity contribution in [3.63, 3.8) is 0 Å². The summed E-state index contributed by atoms with van der Waals surface area (Å²) < 4.78 is 5.21. The van der Waals surface area contributed by atoms with E-state index in [1.807, 2.05) is 18.2 Å². The fourth-order valence-electron chi connectivity index (χ4n) is 1.26. The second kappa shape index (κ2) is 5.60. The summed E-state index contributed by atoms with van der Waals surface area (Å²) in [5, 5.41) is 3.36. The van der Waals surface area contributed by atoms with Crippen LogP contribution in [0.2, 0.25) is 0 Å². The van der Waals surface area contributed by atoms with Crippen LogP contribution in [0.25, 0.3) is 0 Å². The van der Waals surface area contributed by atoms with Crippen molar-refractivity contribution in [2.45, 2.75) is 32.4 Å². The van der Waals surface area contributed by atoms with E-state index in [2.05, 4.69) is 18.8 Å². The van der Waals surface area contributed by atoms with Gasteiger partial charge in [-0.25, -0.2) is 0 Å². The maximum absolute atomic E-state index is 5.21. The van der Waals surface area contributed by atoms with Gasteiger partial charge in [-0.3, -0.25) is 0 Å². The average molecular weight is 179 g/mol. The molecule has 0 aliphatic carbocycles. The third-order valence-corrected chi connectivity index (χ3v) is 2.00. The Balaban J connectivity index is 2.27. The SMILES string of the molecule is C=C[C@H](CCC)NCc1ccco1. The lowest BCUT2D eigenvalue weighted by molar-refractivity contribution is 0.458. The van der Waals surface area contributed by atoms with Gasteiger partial charge in [0, 0.05) is 6.04 Å². The van der Waals surface area contributed by atoms with Gasteiger partial charge in [0.2, 0.25) is 0 Å². The van der Waals surface area contributed by atoms with Crippen molar-refractivity contribution in [2.75, 3.05) is 0 Å². The van der Waals surface area contributed by atoms with Gasteiger partial charge in [-0.1, -0.05) is 19.4 Å². The average Bonchev–Trinajstić information content (AvgIpc) is 2.64. The molecule has 0 aromatic carbocycles. The zero-order valence-electron chi connectivity index (χ0n) is 8.12. The minimum atomic E-state index is 0.398. The van der Waals surface area contributed by atoms with Crippen molar-refractivity contribution < 1.29 is 4.42 Å². The van der Waals surface area contributed by atoms with E-state index < -0.39 is 0 Å². The molecule has 0 aliphatic rings. The van der Waals surface area contributed by atoms with Crippen LogP contribution in [-0.2, 0) is 6.54 Å². The van der Waals surface area contributed by atoms with E-state index in [-0.39, 0.29) is 0 Å². The Labute approximate surface area is 79.6 Å². The first-order valence-electron chi connectivity index (χ1n) is 4.75. The second-order valence-corrected chi connectivity index (χ2v) is 3.09. The molecule has 2 nitrogen and oxygen atoms in total. The molecule has 0 aliphatic heterocycles. The molecule has 1 heterocycles. The van der Waals surface area contributed by atoms with Crippen LogP contribution in [0.1, 0.15) is 25.5 Å². The minimum Gasteiger partial charge on any atom is -0.468 e. The van der Waals surface area contributed by atoms with Gasteiger partial charge in [-0.2, -0.15) is 0 Å². The van der Waals surface area contributed by atoms with Gasteiger partial charge in [-0.05, 0) is 18.6 Å². The topological polar surface area (TPSA) is 25.2 Å². The molecule has 0 saturated heterocycles. The van der Waals surface area contributed by atoms with Crippen LogP contribution in [0.5, 0.6) is 0 Å². The summed E-state index contributed by atoms with van der Waals surface area (Å²) in [6.45, 7) is 6.74. The molecule has 0 radical (unpaired) electrons. The van der Waals surface area contributed by atoms with Crippen LogP contribution >= 0.6 is 0 Å². The van der Waals surface area contributed by atoms with Gasteiger partial charge < -0.3 is 9.73 Å². The van der Waals surface area contributed by atoms with Crippen LogP contribution in [0, 0.1) is 0 Å². The first kappa shape index (κ1) is 10.1. The first-order chi connectivity index (χ1) is 6.36. The fraction of sp³-hybridized carbons (Fsp3) is 0.455. The molecule has 0 saturated carbocycles. The lowest BCUT2D eigenvalue weighted by Crippen LogP contribution is -2.25. The van der Waals surface area contributed by atoms with Crippen molar-refractivity contribution in [1.82, 2.24) is 5.32 Å². The molecule has 1 N–H and O–H groups in total. The van der Waals surface area contributed by atoms with E-state index in [9.17, 15) is 0 Å². The molecular weight excluding hydrogens is 162 g/mol. The van der Waals surface area contributed by atoms with E-state index in [0.29, 0.717) is 6.04 Å². The van der Waals surface area contributed by atoms with Crippen LogP contribution in [0.3, 0.4) is 0 Å². The minimum absolute atomic E-state index is 0.398. The highest BCUT2D eigenvalue weighted by atomic mass is 16.3. The van der Waals surface area contributed by atoms with Crippen molar-refractivity contribution in [1.29, 1.82) is 0 Å². The molecule has 1 rings (SSSR count). The van der Waals surface area contributed by atoms with Crippen molar-refractivity contribution >= 4 is 0 Å². The highest BCUT2D eigenvalue weighted by Gasteiger charge is 2.02. The zero-order chi connectivity index (χ0) is 9.52. The lowest BCUT2D eigenvalue weighted by Gasteiger charge is -2.11. The maximum Gasteiger partial charge on any atom is 0.117 e. The number of rotatable bonds is 6. The number of nitrogens with one attached hydrogen (secondary N) is 1. The Kier molecular flexibility index (Phi) is 4.33. The molecule has 2 heteroatoms. The second-order valence-electron chi connectivity index (χ2n) is 3.09. The molecule has 0 amide bonds. The summed E-state index contributed by atoms with van der Waals surface area (Å²) in [5.74, 6) is 0.975. The molecule has 13 heavy (non-hydrogen) atoms. The Morgan fingerprint density at radius 1 is 1.69 bits per heavy atom. The molecule has 0 unspecified atom stereocenters.